The minimum atomic E-state index is -0.307. The van der Waals surface area contributed by atoms with Gasteiger partial charge < -0.3 is 0 Å². The molecule has 0 saturated carbocycles. The van der Waals surface area contributed by atoms with Gasteiger partial charge in [-0.3, -0.25) is 9.59 Å². The van der Waals surface area contributed by atoms with E-state index in [9.17, 15) is 9.59 Å². The summed E-state index contributed by atoms with van der Waals surface area (Å²) in [5, 5.41) is 18.2. The highest BCUT2D eigenvalue weighted by Gasteiger charge is 2.35. The van der Waals surface area contributed by atoms with Gasteiger partial charge in [0.2, 0.25) is 0 Å². The first-order valence-electron chi connectivity index (χ1n) is 16.8. The van der Waals surface area contributed by atoms with Gasteiger partial charge in [0.05, 0.1) is 22.4 Å². The van der Waals surface area contributed by atoms with Crippen LogP contribution in [-0.4, -0.2) is 11.6 Å². The average molecular weight is 712 g/mol. The summed E-state index contributed by atoms with van der Waals surface area (Å²) in [7, 11) is 0. The maximum absolute atomic E-state index is 13.2. The lowest BCUT2D eigenvalue weighted by atomic mass is 9.72. The Morgan fingerprint density at radius 1 is 0.480 bits per heavy atom. The fraction of sp³-hybridized carbons (Fsp3) is 0.381. The Balaban J connectivity index is 1.55. The number of hydrogen-bond acceptors (Lipinski definition) is 6. The van der Waals surface area contributed by atoms with E-state index in [1.54, 1.807) is 24.5 Å². The molecule has 0 spiro atoms. The van der Waals surface area contributed by atoms with E-state index in [4.69, 9.17) is 23.2 Å². The van der Waals surface area contributed by atoms with Crippen LogP contribution in [0.5, 0.6) is 0 Å². The van der Waals surface area contributed by atoms with Crippen molar-refractivity contribution in [3.63, 3.8) is 0 Å². The third kappa shape index (κ3) is 9.21. The summed E-state index contributed by atoms with van der Waals surface area (Å²) in [6.45, 7) is 24.4. The van der Waals surface area contributed by atoms with Crippen molar-refractivity contribution in [1.82, 2.24) is 0 Å². The Morgan fingerprint density at radius 2 is 0.760 bits per heavy atom. The zero-order valence-electron chi connectivity index (χ0n) is 31.3. The molecule has 50 heavy (non-hydrogen) atoms. The van der Waals surface area contributed by atoms with Crippen LogP contribution in [0.4, 0.5) is 11.4 Å². The van der Waals surface area contributed by atoms with E-state index in [2.05, 4.69) is 20.5 Å². The highest BCUT2D eigenvalue weighted by molar-refractivity contribution is 6.34. The molecule has 2 aliphatic carbocycles. The molecule has 0 saturated heterocycles. The molecule has 262 valence electrons. The van der Waals surface area contributed by atoms with Crippen LogP contribution in [0.15, 0.2) is 127 Å². The normalized spacial score (nSPS) is 16.5. The lowest BCUT2D eigenvalue weighted by Gasteiger charge is -2.31. The molecule has 4 rings (SSSR count). The van der Waals surface area contributed by atoms with Gasteiger partial charge in [-0.2, -0.15) is 10.2 Å². The van der Waals surface area contributed by atoms with Crippen molar-refractivity contribution in [3.05, 3.63) is 117 Å². The summed E-state index contributed by atoms with van der Waals surface area (Å²) in [5.74, 6) is 0.146. The van der Waals surface area contributed by atoms with Crippen LogP contribution in [0.1, 0.15) is 83.1 Å². The van der Waals surface area contributed by atoms with Crippen molar-refractivity contribution in [1.29, 1.82) is 0 Å². The fourth-order valence-corrected chi connectivity index (χ4v) is 5.97. The van der Waals surface area contributed by atoms with Crippen molar-refractivity contribution in [2.24, 2.45) is 42.1 Å². The Labute approximate surface area is 307 Å². The van der Waals surface area contributed by atoms with Gasteiger partial charge in [-0.05, 0) is 92.5 Å². The smallest absolute Gasteiger partial charge is 0.186 e. The summed E-state index contributed by atoms with van der Waals surface area (Å²) in [6, 6.07) is 11.1. The van der Waals surface area contributed by atoms with Gasteiger partial charge in [-0.15, -0.1) is 10.2 Å². The van der Waals surface area contributed by atoms with E-state index >= 15 is 0 Å². The molecule has 0 radical (unpaired) electrons. The Kier molecular flexibility index (Phi) is 11.1. The molecule has 2 aromatic carbocycles. The van der Waals surface area contributed by atoms with E-state index in [1.165, 1.54) is 0 Å². The highest BCUT2D eigenvalue weighted by Crippen LogP contribution is 2.41. The molecular formula is C42H48Cl2N4O2. The minimum absolute atomic E-state index is 0.0729. The zero-order chi connectivity index (χ0) is 37.4. The second kappa shape index (κ2) is 14.3. The molecule has 0 aromatic heterocycles. The molecule has 6 nitrogen and oxygen atoms in total. The molecule has 8 heteroatoms. The molecule has 0 aliphatic heterocycles. The monoisotopic (exact) mass is 710 g/mol. The van der Waals surface area contributed by atoms with Crippen molar-refractivity contribution < 1.29 is 9.59 Å². The minimum Gasteiger partial charge on any atom is -0.289 e. The number of azo groups is 2. The summed E-state index contributed by atoms with van der Waals surface area (Å²) >= 11 is 13.3. The molecule has 2 aromatic rings. The topological polar surface area (TPSA) is 83.6 Å². The molecule has 0 fully saturated rings. The largest absolute Gasteiger partial charge is 0.289 e. The van der Waals surface area contributed by atoms with Gasteiger partial charge in [-0.1, -0.05) is 118 Å². The highest BCUT2D eigenvalue weighted by atomic mass is 35.5. The molecule has 0 heterocycles. The van der Waals surface area contributed by atoms with Crippen LogP contribution in [0.2, 0.25) is 10.0 Å². The number of halogens is 2. The fourth-order valence-electron chi connectivity index (χ4n) is 5.53. The van der Waals surface area contributed by atoms with Crippen molar-refractivity contribution in [2.45, 2.75) is 83.1 Å². The maximum Gasteiger partial charge on any atom is 0.186 e. The number of carbonyl (C=O) groups is 2. The number of rotatable bonds is 5. The quantitative estimate of drug-likeness (QED) is 0.289. The number of Topliss-reactive ketones (excluding diaryl/α,β-unsaturated/α-hetero) is 2. The summed E-state index contributed by atoms with van der Waals surface area (Å²) < 4.78 is 0. The Hall–Kier alpha value is -4.00. The standard InChI is InChI=1S/C42H48Cl2N4O2/c1-39(2,3)29-17-25(18-30(37(29)49)40(4,5)6)23-45-47-35-15-13-27(21-33(35)43)28-14-16-36(34(44)22-28)48-46-24-26-19-31(41(7,8)9)38(50)32(20-26)42(10,11)12/h13-24H,1-12H3. The number of allylic oxidation sites excluding steroid dienone is 10. The summed E-state index contributed by atoms with van der Waals surface area (Å²) in [4.78, 5) is 26.4. The van der Waals surface area contributed by atoms with Crippen molar-refractivity contribution >= 4 is 46.1 Å². The number of benzene rings is 2. The van der Waals surface area contributed by atoms with Gasteiger partial charge in [0.25, 0.3) is 0 Å². The van der Waals surface area contributed by atoms with Gasteiger partial charge >= 0.3 is 0 Å². The first-order valence-corrected chi connectivity index (χ1v) is 17.5. The first kappa shape index (κ1) is 38.8. The van der Waals surface area contributed by atoms with Crippen LogP contribution in [0.3, 0.4) is 0 Å². The second-order valence-corrected chi connectivity index (χ2v) is 17.7. The van der Waals surface area contributed by atoms with E-state index in [0.717, 1.165) is 44.6 Å². The van der Waals surface area contributed by atoms with Gasteiger partial charge in [0, 0.05) is 22.3 Å². The zero-order valence-corrected chi connectivity index (χ0v) is 32.8. The van der Waals surface area contributed by atoms with E-state index in [-0.39, 0.29) is 33.2 Å². The van der Waals surface area contributed by atoms with Crippen molar-refractivity contribution in [3.8, 4) is 11.1 Å². The SMILES string of the molecule is CC(C)(C)C1=CC(=CN=Nc2ccc(-c3ccc(N=NC=C4C=C(C(C)(C)C)C(=O)C(C(C)(C)C)=C4)c(Cl)c3)cc2Cl)C=C(C(C)(C)C)C1=O. The first-order chi connectivity index (χ1) is 23.0. The van der Waals surface area contributed by atoms with Crippen LogP contribution >= 0.6 is 23.2 Å². The second-order valence-electron chi connectivity index (χ2n) is 16.9. The predicted molar refractivity (Wildman–Crippen MR) is 207 cm³/mol. The summed E-state index contributed by atoms with van der Waals surface area (Å²) in [6.07, 6.45) is 10.9. The molecule has 0 N–H and O–H groups in total. The number of carbonyl (C=O) groups excluding carboxylic acids is 2. The Morgan fingerprint density at radius 3 is 1.00 bits per heavy atom. The molecule has 2 aliphatic rings. The van der Waals surface area contributed by atoms with Gasteiger partial charge in [0.15, 0.2) is 11.6 Å². The lowest BCUT2D eigenvalue weighted by Crippen LogP contribution is -2.27. The maximum atomic E-state index is 13.2. The van der Waals surface area contributed by atoms with Crippen LogP contribution < -0.4 is 0 Å². The van der Waals surface area contributed by atoms with Crippen molar-refractivity contribution in [2.75, 3.05) is 0 Å². The third-order valence-corrected chi connectivity index (χ3v) is 9.03. The molecule has 0 amide bonds. The molecule has 0 unspecified atom stereocenters. The number of hydrogen-bond donors (Lipinski definition) is 0. The lowest BCUT2D eigenvalue weighted by molar-refractivity contribution is -0.114. The van der Waals surface area contributed by atoms with E-state index in [1.807, 2.05) is 132 Å². The Bertz CT molecular complexity index is 1760. The molecule has 0 atom stereocenters. The van der Waals surface area contributed by atoms with Gasteiger partial charge in [0.1, 0.15) is 11.4 Å². The molecular weight excluding hydrogens is 663 g/mol. The number of nitrogens with zero attached hydrogens (tertiary/aromatic N) is 4. The van der Waals surface area contributed by atoms with Crippen LogP contribution in [-0.2, 0) is 9.59 Å². The summed E-state index contributed by atoms with van der Waals surface area (Å²) in [5.41, 5.74) is 6.12. The number of ketones is 2. The van der Waals surface area contributed by atoms with Crippen LogP contribution in [0, 0.1) is 21.7 Å². The molecule has 0 bridgehead atoms. The predicted octanol–water partition coefficient (Wildman–Crippen LogP) is 13.7. The van der Waals surface area contributed by atoms with E-state index < -0.39 is 0 Å². The van der Waals surface area contributed by atoms with Gasteiger partial charge in [-0.25, -0.2) is 0 Å². The third-order valence-electron chi connectivity index (χ3n) is 8.43. The van der Waals surface area contributed by atoms with Crippen LogP contribution in [0.25, 0.3) is 11.1 Å². The van der Waals surface area contributed by atoms with E-state index in [0.29, 0.717) is 21.4 Å². The average Bonchev–Trinajstić information content (AvgIpc) is 2.97.